The van der Waals surface area contributed by atoms with E-state index in [9.17, 15) is 19.1 Å². The van der Waals surface area contributed by atoms with Crippen LogP contribution in [0.1, 0.15) is 22.7 Å². The Morgan fingerprint density at radius 3 is 2.42 bits per heavy atom. The van der Waals surface area contributed by atoms with E-state index in [4.69, 9.17) is 11.6 Å². The molecule has 0 aromatic heterocycles. The summed E-state index contributed by atoms with van der Waals surface area (Å²) in [6.07, 6.45) is 0. The fourth-order valence-electron chi connectivity index (χ4n) is 3.59. The third kappa shape index (κ3) is 3.89. The van der Waals surface area contributed by atoms with Gasteiger partial charge in [0.15, 0.2) is 0 Å². The Bertz CT molecular complexity index is 1240. The molecule has 0 spiro atoms. The van der Waals surface area contributed by atoms with E-state index >= 15 is 0 Å². The zero-order valence-electron chi connectivity index (χ0n) is 16.3. The summed E-state index contributed by atoms with van der Waals surface area (Å²) in [5, 5.41) is 11.5. The minimum absolute atomic E-state index is 0.116. The highest BCUT2D eigenvalue weighted by Gasteiger charge is 2.47. The van der Waals surface area contributed by atoms with Crippen LogP contribution in [0, 0.1) is 12.7 Å². The topological polar surface area (TPSA) is 57.6 Å². The molecule has 1 N–H and O–H groups in total. The minimum atomic E-state index is -0.999. The number of carbonyl (C=O) groups is 2. The highest BCUT2D eigenvalue weighted by molar-refractivity contribution is 9.10. The predicted molar refractivity (Wildman–Crippen MR) is 122 cm³/mol. The number of aryl methyl sites for hydroxylation is 1. The number of aliphatic hydroxyl groups is 1. The molecule has 1 unspecified atom stereocenters. The lowest BCUT2D eigenvalue weighted by atomic mass is 9.95. The molecule has 0 aliphatic carbocycles. The third-order valence-corrected chi connectivity index (χ3v) is 6.27. The zero-order valence-corrected chi connectivity index (χ0v) is 18.6. The highest BCUT2D eigenvalue weighted by atomic mass is 79.9. The number of anilines is 1. The number of rotatable bonds is 3. The van der Waals surface area contributed by atoms with Gasteiger partial charge in [-0.1, -0.05) is 45.7 Å². The quantitative estimate of drug-likeness (QED) is 0.266. The number of amides is 1. The summed E-state index contributed by atoms with van der Waals surface area (Å²) >= 11 is 9.37. The third-order valence-electron chi connectivity index (χ3n) is 5.16. The monoisotopic (exact) mass is 499 g/mol. The van der Waals surface area contributed by atoms with E-state index in [0.717, 1.165) is 10.0 Å². The molecule has 7 heteroatoms. The van der Waals surface area contributed by atoms with E-state index < -0.39 is 23.5 Å². The molecule has 1 aliphatic heterocycles. The molecule has 0 saturated carbocycles. The molecule has 4 rings (SSSR count). The number of benzene rings is 3. The van der Waals surface area contributed by atoms with Gasteiger partial charge in [-0.2, -0.15) is 0 Å². The lowest BCUT2D eigenvalue weighted by Crippen LogP contribution is -2.29. The summed E-state index contributed by atoms with van der Waals surface area (Å²) in [7, 11) is 0. The number of nitrogens with zero attached hydrogens (tertiary/aromatic N) is 1. The molecular weight excluding hydrogens is 485 g/mol. The van der Waals surface area contributed by atoms with E-state index in [1.807, 2.05) is 6.92 Å². The number of halogens is 3. The average Bonchev–Trinajstić information content (AvgIpc) is 3.01. The van der Waals surface area contributed by atoms with E-state index in [2.05, 4.69) is 15.9 Å². The molecule has 31 heavy (non-hydrogen) atoms. The second-order valence-electron chi connectivity index (χ2n) is 7.16. The maximum absolute atomic E-state index is 14.1. The molecule has 1 atom stereocenters. The van der Waals surface area contributed by atoms with Crippen molar-refractivity contribution in [1.29, 1.82) is 0 Å². The fraction of sp³-hybridized carbons (Fsp3) is 0.0833. The Balaban J connectivity index is 1.96. The maximum atomic E-state index is 14.1. The summed E-state index contributed by atoms with van der Waals surface area (Å²) in [5.74, 6) is -2.52. The summed E-state index contributed by atoms with van der Waals surface area (Å²) in [6, 6.07) is 16.1. The first-order valence-electron chi connectivity index (χ1n) is 9.36. The summed E-state index contributed by atoms with van der Waals surface area (Å²) < 4.78 is 14.8. The van der Waals surface area contributed by atoms with Crippen molar-refractivity contribution < 1.29 is 19.1 Å². The van der Waals surface area contributed by atoms with Gasteiger partial charge in [-0.3, -0.25) is 14.5 Å². The molecular formula is C24H16BrClFNO3. The molecule has 0 bridgehead atoms. The van der Waals surface area contributed by atoms with Crippen LogP contribution in [0.5, 0.6) is 0 Å². The number of Topliss-reactive ketones (excluding diaryl/α,β-unsaturated/α-hetero) is 1. The van der Waals surface area contributed by atoms with Gasteiger partial charge >= 0.3 is 0 Å². The number of ketones is 1. The van der Waals surface area contributed by atoms with Crippen LogP contribution in [0.2, 0.25) is 5.02 Å². The SMILES string of the molecule is Cc1ccc(N2C(=O)C(=O)/C(=C(/O)c3ccc(Cl)cc3)C2c2cccc(F)c2)cc1Br. The average molecular weight is 501 g/mol. The molecule has 156 valence electrons. The normalized spacial score (nSPS) is 17.9. The Morgan fingerprint density at radius 1 is 1.06 bits per heavy atom. The van der Waals surface area contributed by atoms with Gasteiger partial charge in [0.25, 0.3) is 11.7 Å². The number of aliphatic hydroxyl groups excluding tert-OH is 1. The van der Waals surface area contributed by atoms with Crippen LogP contribution in [-0.2, 0) is 9.59 Å². The molecule has 1 amide bonds. The standard InChI is InChI=1S/C24H16BrClFNO3/c1-13-5-10-18(12-19(13)25)28-21(15-3-2-4-17(27)11-15)20(23(30)24(28)31)22(29)14-6-8-16(26)9-7-14/h2-12,21,29H,1H3/b22-20+. The Hall–Kier alpha value is -2.96. The maximum Gasteiger partial charge on any atom is 0.300 e. The van der Waals surface area contributed by atoms with Crippen molar-refractivity contribution in [2.24, 2.45) is 0 Å². The van der Waals surface area contributed by atoms with Crippen molar-refractivity contribution in [3.05, 3.63) is 104 Å². The van der Waals surface area contributed by atoms with Crippen LogP contribution in [0.25, 0.3) is 5.76 Å². The van der Waals surface area contributed by atoms with Crippen molar-refractivity contribution in [3.8, 4) is 0 Å². The van der Waals surface area contributed by atoms with E-state index in [0.29, 0.717) is 21.8 Å². The lowest BCUT2D eigenvalue weighted by molar-refractivity contribution is -0.132. The number of carbonyl (C=O) groups excluding carboxylic acids is 2. The number of hydrogen-bond acceptors (Lipinski definition) is 3. The van der Waals surface area contributed by atoms with Crippen LogP contribution >= 0.6 is 27.5 Å². The van der Waals surface area contributed by atoms with E-state index in [-0.39, 0.29) is 11.3 Å². The Labute approximate surface area is 191 Å². The van der Waals surface area contributed by atoms with Gasteiger partial charge in [-0.15, -0.1) is 0 Å². The Kier molecular flexibility index (Phi) is 5.69. The lowest BCUT2D eigenvalue weighted by Gasteiger charge is -2.26. The molecule has 1 heterocycles. The first-order chi connectivity index (χ1) is 14.8. The number of hydrogen-bond donors (Lipinski definition) is 1. The van der Waals surface area contributed by atoms with Crippen molar-refractivity contribution in [2.45, 2.75) is 13.0 Å². The molecule has 0 radical (unpaired) electrons. The summed E-state index contributed by atoms with van der Waals surface area (Å²) in [5.41, 5.74) is 1.97. The molecule has 1 aliphatic rings. The molecule has 3 aromatic carbocycles. The molecule has 1 saturated heterocycles. The van der Waals surface area contributed by atoms with Gasteiger partial charge in [-0.25, -0.2) is 4.39 Å². The summed E-state index contributed by atoms with van der Waals surface area (Å²) in [6.45, 7) is 1.90. The molecule has 1 fully saturated rings. The largest absolute Gasteiger partial charge is 0.507 e. The van der Waals surface area contributed by atoms with Crippen LogP contribution < -0.4 is 4.90 Å². The van der Waals surface area contributed by atoms with Gasteiger partial charge in [0.2, 0.25) is 0 Å². The van der Waals surface area contributed by atoms with Crippen molar-refractivity contribution in [1.82, 2.24) is 0 Å². The smallest absolute Gasteiger partial charge is 0.300 e. The second kappa shape index (κ2) is 8.29. The first kappa shape index (κ1) is 21.3. The van der Waals surface area contributed by atoms with E-state index in [1.54, 1.807) is 48.5 Å². The first-order valence-corrected chi connectivity index (χ1v) is 10.5. The van der Waals surface area contributed by atoms with Gasteiger partial charge < -0.3 is 5.11 Å². The summed E-state index contributed by atoms with van der Waals surface area (Å²) in [4.78, 5) is 27.4. The zero-order chi connectivity index (χ0) is 22.3. The molecule has 4 nitrogen and oxygen atoms in total. The van der Waals surface area contributed by atoms with Gasteiger partial charge in [0, 0.05) is 20.7 Å². The van der Waals surface area contributed by atoms with Gasteiger partial charge in [0.05, 0.1) is 11.6 Å². The van der Waals surface area contributed by atoms with Crippen LogP contribution in [0.15, 0.2) is 76.8 Å². The second-order valence-corrected chi connectivity index (χ2v) is 8.46. The fourth-order valence-corrected chi connectivity index (χ4v) is 4.08. The highest BCUT2D eigenvalue weighted by Crippen LogP contribution is 2.43. The van der Waals surface area contributed by atoms with Crippen LogP contribution in [0.3, 0.4) is 0 Å². The van der Waals surface area contributed by atoms with Gasteiger partial charge in [-0.05, 0) is 66.6 Å². The van der Waals surface area contributed by atoms with Crippen molar-refractivity contribution in [2.75, 3.05) is 4.90 Å². The van der Waals surface area contributed by atoms with Gasteiger partial charge in [0.1, 0.15) is 11.6 Å². The Morgan fingerprint density at radius 2 is 1.77 bits per heavy atom. The van der Waals surface area contributed by atoms with Crippen LogP contribution in [0.4, 0.5) is 10.1 Å². The molecule has 3 aromatic rings. The van der Waals surface area contributed by atoms with Crippen molar-refractivity contribution in [3.63, 3.8) is 0 Å². The minimum Gasteiger partial charge on any atom is -0.507 e. The van der Waals surface area contributed by atoms with E-state index in [1.165, 1.54) is 23.1 Å². The van der Waals surface area contributed by atoms with Crippen molar-refractivity contribution >= 4 is 50.7 Å². The van der Waals surface area contributed by atoms with Crippen LogP contribution in [-0.4, -0.2) is 16.8 Å². The predicted octanol–water partition coefficient (Wildman–Crippen LogP) is 6.18.